The molecule has 3 amide bonds. The van der Waals surface area contributed by atoms with Gasteiger partial charge >= 0.3 is 0 Å². The van der Waals surface area contributed by atoms with E-state index >= 15 is 0 Å². The number of carbonyl (C=O) groups excluding carboxylic acids is 3. The maximum Gasteiger partial charge on any atom is 0.294 e. The van der Waals surface area contributed by atoms with Gasteiger partial charge in [0.1, 0.15) is 18.9 Å². The Morgan fingerprint density at radius 3 is 2.63 bits per heavy atom. The molecule has 1 aliphatic heterocycles. The summed E-state index contributed by atoms with van der Waals surface area (Å²) in [6.45, 7) is -0.0100. The highest BCUT2D eigenvalue weighted by atomic mass is 79.9. The number of amides is 3. The summed E-state index contributed by atoms with van der Waals surface area (Å²) in [5.41, 5.74) is 2.24. The van der Waals surface area contributed by atoms with Crippen LogP contribution in [-0.4, -0.2) is 28.5 Å². The predicted molar refractivity (Wildman–Crippen MR) is 155 cm³/mol. The molecule has 1 fully saturated rings. The quantitative estimate of drug-likeness (QED) is 0.220. The maximum atomic E-state index is 12.9. The van der Waals surface area contributed by atoms with Crippen molar-refractivity contribution < 1.29 is 19.1 Å². The van der Waals surface area contributed by atoms with Gasteiger partial charge in [-0.2, -0.15) is 0 Å². The number of imide groups is 1. The summed E-state index contributed by atoms with van der Waals surface area (Å²) in [6, 6.07) is 26.5. The second kappa shape index (κ2) is 11.4. The highest BCUT2D eigenvalue weighted by Gasteiger charge is 2.36. The number of anilines is 1. The van der Waals surface area contributed by atoms with Crippen molar-refractivity contribution in [3.05, 3.63) is 110 Å². The third-order valence-electron chi connectivity index (χ3n) is 5.81. The average molecular weight is 608 g/mol. The molecule has 4 aromatic carbocycles. The molecule has 4 aromatic rings. The lowest BCUT2D eigenvalue weighted by atomic mass is 10.1. The number of hydrogen-bond donors (Lipinski definition) is 1. The van der Waals surface area contributed by atoms with E-state index in [2.05, 4.69) is 39.4 Å². The summed E-state index contributed by atoms with van der Waals surface area (Å²) in [4.78, 5) is 39.0. The lowest BCUT2D eigenvalue weighted by Gasteiger charge is -2.12. The Labute approximate surface area is 236 Å². The van der Waals surface area contributed by atoms with E-state index in [1.54, 1.807) is 24.3 Å². The topological polar surface area (TPSA) is 75.7 Å². The molecule has 0 aliphatic carbocycles. The van der Waals surface area contributed by atoms with Crippen LogP contribution in [0.1, 0.15) is 11.1 Å². The van der Waals surface area contributed by atoms with Gasteiger partial charge in [0.05, 0.1) is 9.93 Å². The first-order chi connectivity index (χ1) is 18.4. The maximum absolute atomic E-state index is 12.9. The highest BCUT2D eigenvalue weighted by Crippen LogP contribution is 2.33. The number of hydrogen-bond acceptors (Lipinski definition) is 5. The lowest BCUT2D eigenvalue weighted by molar-refractivity contribution is -0.127. The summed E-state index contributed by atoms with van der Waals surface area (Å²) in [7, 11) is 0. The van der Waals surface area contributed by atoms with E-state index in [0.717, 1.165) is 33.0 Å². The molecule has 0 aromatic heterocycles. The van der Waals surface area contributed by atoms with Crippen LogP contribution in [0.15, 0.2) is 94.3 Å². The Balaban J connectivity index is 1.24. The summed E-state index contributed by atoms with van der Waals surface area (Å²) >= 11 is 10.1. The molecule has 0 bridgehead atoms. The van der Waals surface area contributed by atoms with E-state index in [1.807, 2.05) is 48.5 Å². The number of nitrogens with one attached hydrogen (secondary N) is 1. The van der Waals surface area contributed by atoms with Gasteiger partial charge in [-0.25, -0.2) is 0 Å². The van der Waals surface area contributed by atoms with Crippen molar-refractivity contribution >= 4 is 78.9 Å². The molecule has 0 unspecified atom stereocenters. The van der Waals surface area contributed by atoms with Crippen molar-refractivity contribution in [2.75, 3.05) is 11.9 Å². The van der Waals surface area contributed by atoms with Crippen molar-refractivity contribution in [2.45, 2.75) is 6.61 Å². The molecule has 9 heteroatoms. The number of nitrogens with zero attached hydrogens (tertiary/aromatic N) is 1. The third-order valence-corrected chi connectivity index (χ3v) is 7.95. The molecule has 0 saturated carbocycles. The fraction of sp³-hybridized carbons (Fsp3) is 0.0690. The van der Waals surface area contributed by atoms with Crippen LogP contribution >= 0.6 is 39.3 Å². The SMILES string of the molecule is O=C(CN1C(=O)S/C(=C/c2cccc(OCc3cccc4ccccc34)c2)C1=O)Nc1ccc(Br)c(Cl)c1. The Kier molecular flexibility index (Phi) is 7.83. The van der Waals surface area contributed by atoms with Gasteiger partial charge in [0, 0.05) is 10.2 Å². The zero-order chi connectivity index (χ0) is 26.6. The standard InChI is InChI=1S/C29H20BrClN2O4S/c30-24-12-11-21(15-25(24)31)32-27(34)16-33-28(35)26(38-29(33)36)14-18-5-3-9-22(13-18)37-17-20-8-4-7-19-6-1-2-10-23(19)20/h1-15H,16-17H2,(H,32,34)/b26-14+. The van der Waals surface area contributed by atoms with Crippen LogP contribution in [-0.2, 0) is 16.2 Å². The number of halogens is 2. The Hall–Kier alpha value is -3.59. The van der Waals surface area contributed by atoms with Gasteiger partial charge in [0.2, 0.25) is 5.91 Å². The van der Waals surface area contributed by atoms with Crippen LogP contribution in [0.5, 0.6) is 5.75 Å². The molecule has 1 N–H and O–H groups in total. The fourth-order valence-corrected chi connectivity index (χ4v) is 5.24. The number of thioether (sulfide) groups is 1. The largest absolute Gasteiger partial charge is 0.489 e. The molecule has 0 spiro atoms. The van der Waals surface area contributed by atoms with Crippen molar-refractivity contribution in [1.82, 2.24) is 4.90 Å². The van der Waals surface area contributed by atoms with E-state index in [1.165, 1.54) is 0 Å². The molecule has 1 aliphatic rings. The number of rotatable bonds is 7. The molecule has 6 nitrogen and oxygen atoms in total. The molecular weight excluding hydrogens is 588 g/mol. The number of benzene rings is 4. The number of fused-ring (bicyclic) bond motifs is 1. The van der Waals surface area contributed by atoms with Gasteiger partial charge in [-0.05, 0) is 86.0 Å². The molecular formula is C29H20BrClN2O4S. The average Bonchev–Trinajstić information content (AvgIpc) is 3.17. The fourth-order valence-electron chi connectivity index (χ4n) is 3.98. The van der Waals surface area contributed by atoms with Gasteiger partial charge < -0.3 is 10.1 Å². The molecule has 38 heavy (non-hydrogen) atoms. The lowest BCUT2D eigenvalue weighted by Crippen LogP contribution is -2.36. The van der Waals surface area contributed by atoms with E-state index < -0.39 is 23.6 Å². The molecule has 0 radical (unpaired) electrons. The Morgan fingerprint density at radius 2 is 1.79 bits per heavy atom. The highest BCUT2D eigenvalue weighted by molar-refractivity contribution is 9.10. The first kappa shape index (κ1) is 26.0. The van der Waals surface area contributed by atoms with Crippen LogP contribution in [0.2, 0.25) is 5.02 Å². The van der Waals surface area contributed by atoms with E-state index in [-0.39, 0.29) is 4.91 Å². The molecule has 1 heterocycles. The number of ether oxygens (including phenoxy) is 1. The van der Waals surface area contributed by atoms with Crippen molar-refractivity contribution in [3.63, 3.8) is 0 Å². The zero-order valence-corrected chi connectivity index (χ0v) is 23.0. The van der Waals surface area contributed by atoms with Gasteiger partial charge in [-0.1, -0.05) is 66.2 Å². The Bertz CT molecular complexity index is 1600. The normalized spacial score (nSPS) is 14.4. The van der Waals surface area contributed by atoms with Gasteiger partial charge in [-0.15, -0.1) is 0 Å². The van der Waals surface area contributed by atoms with Crippen molar-refractivity contribution in [3.8, 4) is 5.75 Å². The monoisotopic (exact) mass is 606 g/mol. The van der Waals surface area contributed by atoms with E-state index in [9.17, 15) is 14.4 Å². The number of carbonyl (C=O) groups is 3. The minimum atomic E-state index is -0.522. The van der Waals surface area contributed by atoms with Gasteiger partial charge in [0.15, 0.2) is 0 Å². The van der Waals surface area contributed by atoms with Crippen LogP contribution in [0.4, 0.5) is 10.5 Å². The molecule has 190 valence electrons. The van der Waals surface area contributed by atoms with Crippen LogP contribution in [0.25, 0.3) is 16.8 Å². The third kappa shape index (κ3) is 5.93. The molecule has 1 saturated heterocycles. The van der Waals surface area contributed by atoms with Gasteiger partial charge in [-0.3, -0.25) is 19.3 Å². The van der Waals surface area contributed by atoms with Crippen LogP contribution in [0.3, 0.4) is 0 Å². The van der Waals surface area contributed by atoms with E-state index in [0.29, 0.717) is 33.1 Å². The van der Waals surface area contributed by atoms with Crippen LogP contribution < -0.4 is 10.1 Å². The first-order valence-corrected chi connectivity index (χ1v) is 13.6. The smallest absolute Gasteiger partial charge is 0.294 e. The summed E-state index contributed by atoms with van der Waals surface area (Å²) in [6.07, 6.45) is 1.63. The first-order valence-electron chi connectivity index (χ1n) is 11.6. The molecule has 0 atom stereocenters. The summed E-state index contributed by atoms with van der Waals surface area (Å²) in [5.74, 6) is -0.389. The van der Waals surface area contributed by atoms with Gasteiger partial charge in [0.25, 0.3) is 11.1 Å². The van der Waals surface area contributed by atoms with Crippen molar-refractivity contribution in [2.24, 2.45) is 0 Å². The second-order valence-electron chi connectivity index (χ2n) is 8.44. The van der Waals surface area contributed by atoms with E-state index in [4.69, 9.17) is 16.3 Å². The Morgan fingerprint density at radius 1 is 1.00 bits per heavy atom. The summed E-state index contributed by atoms with van der Waals surface area (Å²) in [5, 5.41) is 4.86. The second-order valence-corrected chi connectivity index (χ2v) is 10.7. The minimum Gasteiger partial charge on any atom is -0.489 e. The summed E-state index contributed by atoms with van der Waals surface area (Å²) < 4.78 is 6.73. The molecule has 5 rings (SSSR count). The van der Waals surface area contributed by atoms with Crippen molar-refractivity contribution in [1.29, 1.82) is 0 Å². The minimum absolute atomic E-state index is 0.237. The van der Waals surface area contributed by atoms with Crippen LogP contribution in [0, 0.1) is 0 Å². The zero-order valence-electron chi connectivity index (χ0n) is 19.8. The predicted octanol–water partition coefficient (Wildman–Crippen LogP) is 7.51.